The Hall–Kier alpha value is -2.95. The molecule has 5 heteroatoms. The van der Waals surface area contributed by atoms with Crippen molar-refractivity contribution in [3.05, 3.63) is 59.8 Å². The quantitative estimate of drug-likeness (QED) is 0.805. The summed E-state index contributed by atoms with van der Waals surface area (Å²) in [5, 5.41) is 2.84. The number of nitrogens with one attached hydrogen (secondary N) is 1. The Morgan fingerprint density at radius 1 is 1.00 bits per heavy atom. The first-order valence-electron chi connectivity index (χ1n) is 6.87. The zero-order chi connectivity index (χ0) is 15.5. The number of hydrogen-bond acceptors (Lipinski definition) is 4. The molecule has 1 aromatic heterocycles. The van der Waals surface area contributed by atoms with Gasteiger partial charge in [0.1, 0.15) is 0 Å². The topological polar surface area (TPSA) is 64.1 Å². The van der Waals surface area contributed by atoms with E-state index >= 15 is 0 Å². The molecule has 0 bridgehead atoms. The third-order valence-electron chi connectivity index (χ3n) is 3.34. The van der Waals surface area contributed by atoms with E-state index in [0.29, 0.717) is 11.0 Å². The summed E-state index contributed by atoms with van der Waals surface area (Å²) in [7, 11) is 1.48. The maximum absolute atomic E-state index is 12.5. The van der Waals surface area contributed by atoms with Crippen molar-refractivity contribution >= 4 is 22.6 Å². The van der Waals surface area contributed by atoms with Gasteiger partial charge in [-0.3, -0.25) is 4.79 Å². The number of para-hydroxylation sites is 3. The molecular formula is C17H15N3O2. The average molecular weight is 293 g/mol. The first-order valence-corrected chi connectivity index (χ1v) is 6.87. The number of carbonyl (C=O) groups is 1. The van der Waals surface area contributed by atoms with E-state index in [9.17, 15) is 4.79 Å². The second-order valence-corrected chi connectivity index (χ2v) is 4.84. The zero-order valence-electron chi connectivity index (χ0n) is 12.3. The molecule has 110 valence electrons. The summed E-state index contributed by atoms with van der Waals surface area (Å²) in [6.07, 6.45) is 0. The molecule has 1 heterocycles. The number of benzene rings is 2. The van der Waals surface area contributed by atoms with Gasteiger partial charge in [-0.05, 0) is 30.7 Å². The van der Waals surface area contributed by atoms with Crippen molar-refractivity contribution in [1.82, 2.24) is 9.97 Å². The molecule has 3 aromatic rings. The Labute approximate surface area is 128 Å². The first kappa shape index (κ1) is 14.0. The molecule has 0 saturated carbocycles. The van der Waals surface area contributed by atoms with Crippen LogP contribution in [0.4, 0.5) is 5.69 Å². The van der Waals surface area contributed by atoms with Gasteiger partial charge in [0.15, 0.2) is 5.69 Å². The van der Waals surface area contributed by atoms with E-state index < -0.39 is 0 Å². The van der Waals surface area contributed by atoms with Crippen molar-refractivity contribution in [3.8, 4) is 5.88 Å². The number of aryl methyl sites for hydroxylation is 1. The Morgan fingerprint density at radius 3 is 2.32 bits per heavy atom. The predicted molar refractivity (Wildman–Crippen MR) is 85.2 cm³/mol. The molecule has 3 rings (SSSR count). The van der Waals surface area contributed by atoms with Crippen molar-refractivity contribution in [1.29, 1.82) is 0 Å². The SMILES string of the molecule is COc1nc2ccccc2nc1C(=O)Nc1ccccc1C. The fourth-order valence-electron chi connectivity index (χ4n) is 2.17. The van der Waals surface area contributed by atoms with Gasteiger partial charge >= 0.3 is 0 Å². The number of carbonyl (C=O) groups excluding carboxylic acids is 1. The highest BCUT2D eigenvalue weighted by molar-refractivity contribution is 6.05. The van der Waals surface area contributed by atoms with Crippen LogP contribution in [0.3, 0.4) is 0 Å². The third-order valence-corrected chi connectivity index (χ3v) is 3.34. The smallest absolute Gasteiger partial charge is 0.279 e. The molecule has 0 fully saturated rings. The van der Waals surface area contributed by atoms with Crippen molar-refractivity contribution in [3.63, 3.8) is 0 Å². The number of anilines is 1. The highest BCUT2D eigenvalue weighted by Gasteiger charge is 2.17. The molecule has 22 heavy (non-hydrogen) atoms. The summed E-state index contributed by atoms with van der Waals surface area (Å²) < 4.78 is 5.21. The van der Waals surface area contributed by atoms with Gasteiger partial charge in [-0.25, -0.2) is 9.97 Å². The van der Waals surface area contributed by atoms with Crippen molar-refractivity contribution < 1.29 is 9.53 Å². The van der Waals surface area contributed by atoms with Crippen LogP contribution in [0, 0.1) is 6.92 Å². The van der Waals surface area contributed by atoms with Gasteiger partial charge in [0.25, 0.3) is 5.91 Å². The van der Waals surface area contributed by atoms with Gasteiger partial charge < -0.3 is 10.1 Å². The van der Waals surface area contributed by atoms with Crippen molar-refractivity contribution in [2.24, 2.45) is 0 Å². The van der Waals surface area contributed by atoms with Crippen LogP contribution >= 0.6 is 0 Å². The van der Waals surface area contributed by atoms with E-state index in [-0.39, 0.29) is 17.5 Å². The second kappa shape index (κ2) is 5.81. The monoisotopic (exact) mass is 293 g/mol. The van der Waals surface area contributed by atoms with Crippen LogP contribution in [0.1, 0.15) is 16.1 Å². The number of methoxy groups -OCH3 is 1. The van der Waals surface area contributed by atoms with Gasteiger partial charge in [-0.2, -0.15) is 0 Å². The number of aromatic nitrogens is 2. The molecule has 0 saturated heterocycles. The summed E-state index contributed by atoms with van der Waals surface area (Å²) >= 11 is 0. The summed E-state index contributed by atoms with van der Waals surface area (Å²) in [5.74, 6) is -0.130. The second-order valence-electron chi connectivity index (χ2n) is 4.84. The molecule has 0 unspecified atom stereocenters. The van der Waals surface area contributed by atoms with Gasteiger partial charge in [-0.1, -0.05) is 30.3 Å². The summed E-state index contributed by atoms with van der Waals surface area (Å²) in [4.78, 5) is 21.2. The highest BCUT2D eigenvalue weighted by Crippen LogP contribution is 2.21. The van der Waals surface area contributed by atoms with Gasteiger partial charge in [0, 0.05) is 5.69 Å². The number of ether oxygens (including phenoxy) is 1. The summed E-state index contributed by atoms with van der Waals surface area (Å²) in [6, 6.07) is 14.9. The molecular weight excluding hydrogens is 278 g/mol. The first-order chi connectivity index (χ1) is 10.7. The van der Waals surface area contributed by atoms with Crippen LogP contribution < -0.4 is 10.1 Å². The molecule has 0 atom stereocenters. The molecule has 2 aromatic carbocycles. The van der Waals surface area contributed by atoms with Crippen LogP contribution in [0.15, 0.2) is 48.5 Å². The number of nitrogens with zero attached hydrogens (tertiary/aromatic N) is 2. The minimum absolute atomic E-state index is 0.171. The lowest BCUT2D eigenvalue weighted by atomic mass is 10.2. The largest absolute Gasteiger partial charge is 0.479 e. The van der Waals surface area contributed by atoms with Crippen LogP contribution in [0.2, 0.25) is 0 Å². The standard InChI is InChI=1S/C17H15N3O2/c1-11-7-3-4-8-12(11)19-16(21)15-17(22-2)20-14-10-6-5-9-13(14)18-15/h3-10H,1-2H3,(H,19,21). The molecule has 1 amide bonds. The molecule has 0 aliphatic carbocycles. The van der Waals surface area contributed by atoms with Crippen molar-refractivity contribution in [2.75, 3.05) is 12.4 Å². The maximum Gasteiger partial charge on any atom is 0.279 e. The van der Waals surface area contributed by atoms with Crippen LogP contribution in [-0.4, -0.2) is 23.0 Å². The van der Waals surface area contributed by atoms with Crippen LogP contribution in [0.5, 0.6) is 5.88 Å². The molecule has 0 spiro atoms. The van der Waals surface area contributed by atoms with Crippen LogP contribution in [0.25, 0.3) is 11.0 Å². The minimum atomic E-state index is -0.343. The molecule has 5 nitrogen and oxygen atoms in total. The van der Waals surface area contributed by atoms with Gasteiger partial charge in [0.2, 0.25) is 5.88 Å². The van der Waals surface area contributed by atoms with E-state index in [0.717, 1.165) is 11.3 Å². The Balaban J connectivity index is 2.01. The Morgan fingerprint density at radius 2 is 1.64 bits per heavy atom. The lowest BCUT2D eigenvalue weighted by Gasteiger charge is -2.10. The van der Waals surface area contributed by atoms with Gasteiger partial charge in [-0.15, -0.1) is 0 Å². The molecule has 0 radical (unpaired) electrons. The predicted octanol–water partition coefficient (Wildman–Crippen LogP) is 3.20. The fourth-order valence-corrected chi connectivity index (χ4v) is 2.17. The van der Waals surface area contributed by atoms with E-state index in [4.69, 9.17) is 4.74 Å². The molecule has 0 aliphatic rings. The fraction of sp³-hybridized carbons (Fsp3) is 0.118. The van der Waals surface area contributed by atoms with Crippen molar-refractivity contribution in [2.45, 2.75) is 6.92 Å². The van der Waals surface area contributed by atoms with E-state index in [2.05, 4.69) is 15.3 Å². The Bertz CT molecular complexity index is 846. The zero-order valence-corrected chi connectivity index (χ0v) is 12.3. The lowest BCUT2D eigenvalue weighted by Crippen LogP contribution is -2.16. The summed E-state index contributed by atoms with van der Waals surface area (Å²) in [5.41, 5.74) is 3.22. The van der Waals surface area contributed by atoms with Crippen LogP contribution in [-0.2, 0) is 0 Å². The normalized spacial score (nSPS) is 10.5. The van der Waals surface area contributed by atoms with E-state index in [1.54, 1.807) is 0 Å². The number of rotatable bonds is 3. The highest BCUT2D eigenvalue weighted by atomic mass is 16.5. The number of hydrogen-bond donors (Lipinski definition) is 1. The third kappa shape index (κ3) is 2.61. The number of fused-ring (bicyclic) bond motifs is 1. The molecule has 1 N–H and O–H groups in total. The molecule has 0 aliphatic heterocycles. The van der Waals surface area contributed by atoms with Gasteiger partial charge in [0.05, 0.1) is 18.1 Å². The summed E-state index contributed by atoms with van der Waals surface area (Å²) in [6.45, 7) is 1.93. The minimum Gasteiger partial charge on any atom is -0.479 e. The number of amides is 1. The van der Waals surface area contributed by atoms with E-state index in [1.807, 2.05) is 55.5 Å². The average Bonchev–Trinajstić information content (AvgIpc) is 2.55. The maximum atomic E-state index is 12.5. The Kier molecular flexibility index (Phi) is 3.70. The lowest BCUT2D eigenvalue weighted by molar-refractivity contribution is 0.101. The van der Waals surface area contributed by atoms with E-state index in [1.165, 1.54) is 7.11 Å².